The van der Waals surface area contributed by atoms with Crippen molar-refractivity contribution in [2.24, 2.45) is 0 Å². The highest BCUT2D eigenvalue weighted by atomic mass is 16.5. The van der Waals surface area contributed by atoms with Gasteiger partial charge in [0.2, 0.25) is 5.91 Å². The van der Waals surface area contributed by atoms with Crippen molar-refractivity contribution in [3.63, 3.8) is 0 Å². The van der Waals surface area contributed by atoms with Crippen LogP contribution in [0.4, 0.5) is 0 Å². The summed E-state index contributed by atoms with van der Waals surface area (Å²) in [6.45, 7) is 12.5. The van der Waals surface area contributed by atoms with Crippen LogP contribution >= 0.6 is 0 Å². The Morgan fingerprint density at radius 1 is 1.42 bits per heavy atom. The van der Waals surface area contributed by atoms with E-state index in [0.29, 0.717) is 18.0 Å². The number of nitrogens with zero attached hydrogens (tertiary/aromatic N) is 1. The Morgan fingerprint density at radius 2 is 2.11 bits per heavy atom. The molecule has 0 radical (unpaired) electrons. The van der Waals surface area contributed by atoms with Gasteiger partial charge in [0.25, 0.3) is 0 Å². The third kappa shape index (κ3) is 3.48. The highest BCUT2D eigenvalue weighted by Gasteiger charge is 2.46. The largest absolute Gasteiger partial charge is 0.368 e. The summed E-state index contributed by atoms with van der Waals surface area (Å²) in [6.07, 6.45) is 2.74. The summed E-state index contributed by atoms with van der Waals surface area (Å²) in [5.74, 6) is 0.302. The van der Waals surface area contributed by atoms with Crippen LogP contribution in [0, 0.1) is 0 Å². The summed E-state index contributed by atoms with van der Waals surface area (Å²) in [6, 6.07) is 0.652. The fraction of sp³-hybridized carbons (Fsp3) is 0.933. The Hall–Kier alpha value is -0.610. The van der Waals surface area contributed by atoms with Gasteiger partial charge in [0.1, 0.15) is 0 Å². The highest BCUT2D eigenvalue weighted by Crippen LogP contribution is 2.37. The fourth-order valence-corrected chi connectivity index (χ4v) is 3.45. The second-order valence-electron chi connectivity index (χ2n) is 7.23. The third-order valence-corrected chi connectivity index (χ3v) is 4.23. The Kier molecular flexibility index (Phi) is 3.94. The molecule has 2 unspecified atom stereocenters. The molecular weight excluding hydrogens is 240 g/mol. The molecule has 2 saturated heterocycles. The van der Waals surface area contributed by atoms with Crippen LogP contribution in [0.5, 0.6) is 0 Å². The maximum atomic E-state index is 11.7. The second-order valence-corrected chi connectivity index (χ2v) is 7.23. The highest BCUT2D eigenvalue weighted by molar-refractivity contribution is 5.78. The molecule has 2 rings (SSSR count). The summed E-state index contributed by atoms with van der Waals surface area (Å²) in [7, 11) is 0. The maximum absolute atomic E-state index is 11.7. The van der Waals surface area contributed by atoms with Crippen LogP contribution in [0.3, 0.4) is 0 Å². The first kappa shape index (κ1) is 14.8. The maximum Gasteiger partial charge on any atom is 0.222 e. The van der Waals surface area contributed by atoms with Gasteiger partial charge in [-0.3, -0.25) is 4.79 Å². The molecule has 19 heavy (non-hydrogen) atoms. The first-order valence-electron chi connectivity index (χ1n) is 7.44. The monoisotopic (exact) mass is 268 g/mol. The number of ether oxygens (including phenoxy) is 1. The summed E-state index contributed by atoms with van der Waals surface area (Å²) in [5, 5.41) is 3.65. The predicted octanol–water partition coefficient (Wildman–Crippen LogP) is 1.93. The second kappa shape index (κ2) is 5.06. The van der Waals surface area contributed by atoms with Crippen molar-refractivity contribution >= 4 is 5.91 Å². The number of carbonyl (C=O) groups excluding carboxylic acids is 1. The van der Waals surface area contributed by atoms with Crippen molar-refractivity contribution in [3.8, 4) is 0 Å². The SMILES string of the molecule is CC(CN1CCCC1=O)NC1CC(C)(C)OC1(C)C. The van der Waals surface area contributed by atoms with Crippen molar-refractivity contribution in [2.75, 3.05) is 13.1 Å². The quantitative estimate of drug-likeness (QED) is 0.847. The van der Waals surface area contributed by atoms with Gasteiger partial charge in [-0.25, -0.2) is 0 Å². The zero-order chi connectivity index (χ0) is 14.3. The number of hydrogen-bond donors (Lipinski definition) is 1. The van der Waals surface area contributed by atoms with Gasteiger partial charge in [0, 0.05) is 31.6 Å². The van der Waals surface area contributed by atoms with Crippen molar-refractivity contribution in [2.45, 2.75) is 77.2 Å². The summed E-state index contributed by atoms with van der Waals surface area (Å²) in [5.41, 5.74) is -0.211. The fourth-order valence-electron chi connectivity index (χ4n) is 3.45. The molecule has 1 N–H and O–H groups in total. The first-order chi connectivity index (χ1) is 8.70. The van der Waals surface area contributed by atoms with Crippen LogP contribution in [-0.4, -0.2) is 47.2 Å². The van der Waals surface area contributed by atoms with Crippen LogP contribution in [0.2, 0.25) is 0 Å². The van der Waals surface area contributed by atoms with Gasteiger partial charge in [-0.15, -0.1) is 0 Å². The lowest BCUT2D eigenvalue weighted by Gasteiger charge is -2.31. The van der Waals surface area contributed by atoms with E-state index in [1.165, 1.54) is 0 Å². The number of nitrogens with one attached hydrogen (secondary N) is 1. The zero-order valence-corrected chi connectivity index (χ0v) is 13.0. The van der Waals surface area contributed by atoms with Crippen molar-refractivity contribution in [3.05, 3.63) is 0 Å². The average molecular weight is 268 g/mol. The van der Waals surface area contributed by atoms with Crippen LogP contribution in [-0.2, 0) is 9.53 Å². The van der Waals surface area contributed by atoms with E-state index in [4.69, 9.17) is 4.74 Å². The van der Waals surface area contributed by atoms with Crippen molar-refractivity contribution in [1.82, 2.24) is 10.2 Å². The average Bonchev–Trinajstić information content (AvgIpc) is 2.69. The molecule has 0 aromatic carbocycles. The minimum absolute atomic E-state index is 0.0651. The van der Waals surface area contributed by atoms with Crippen LogP contribution in [0.15, 0.2) is 0 Å². The van der Waals surface area contributed by atoms with Gasteiger partial charge in [0.05, 0.1) is 11.2 Å². The van der Waals surface area contributed by atoms with E-state index in [0.717, 1.165) is 32.4 Å². The van der Waals surface area contributed by atoms with Crippen LogP contribution in [0.25, 0.3) is 0 Å². The molecule has 0 bridgehead atoms. The molecular formula is C15H28N2O2. The van der Waals surface area contributed by atoms with E-state index in [2.05, 4.69) is 39.9 Å². The van der Waals surface area contributed by atoms with Gasteiger partial charge in [-0.05, 0) is 47.5 Å². The van der Waals surface area contributed by atoms with Crippen LogP contribution < -0.4 is 5.32 Å². The number of rotatable bonds is 4. The summed E-state index contributed by atoms with van der Waals surface area (Å²) in [4.78, 5) is 13.6. The van der Waals surface area contributed by atoms with E-state index in [-0.39, 0.29) is 11.2 Å². The molecule has 2 aliphatic rings. The van der Waals surface area contributed by atoms with E-state index in [1.54, 1.807) is 0 Å². The molecule has 0 saturated carbocycles. The van der Waals surface area contributed by atoms with Gasteiger partial charge < -0.3 is 15.0 Å². The first-order valence-corrected chi connectivity index (χ1v) is 7.44. The van der Waals surface area contributed by atoms with E-state index < -0.39 is 0 Å². The molecule has 2 aliphatic heterocycles. The number of amides is 1. The number of carbonyl (C=O) groups is 1. The van der Waals surface area contributed by atoms with E-state index in [9.17, 15) is 4.79 Å². The molecule has 110 valence electrons. The molecule has 1 amide bonds. The summed E-state index contributed by atoms with van der Waals surface area (Å²) < 4.78 is 6.10. The molecule has 0 aromatic heterocycles. The summed E-state index contributed by atoms with van der Waals surface area (Å²) >= 11 is 0. The van der Waals surface area contributed by atoms with Crippen LogP contribution in [0.1, 0.15) is 53.9 Å². The lowest BCUT2D eigenvalue weighted by atomic mass is 9.94. The molecule has 0 spiro atoms. The van der Waals surface area contributed by atoms with Gasteiger partial charge in [-0.2, -0.15) is 0 Å². The molecule has 2 heterocycles. The van der Waals surface area contributed by atoms with Gasteiger partial charge in [-0.1, -0.05) is 0 Å². The number of likely N-dealkylation sites (tertiary alicyclic amines) is 1. The normalized spacial score (nSPS) is 30.9. The molecule has 0 aromatic rings. The van der Waals surface area contributed by atoms with E-state index >= 15 is 0 Å². The Morgan fingerprint density at radius 3 is 2.58 bits per heavy atom. The standard InChI is InChI=1S/C15H28N2O2/c1-11(10-17-8-6-7-13(17)18)16-12-9-14(2,3)19-15(12,4)5/h11-12,16H,6-10H2,1-5H3. The smallest absolute Gasteiger partial charge is 0.222 e. The number of hydrogen-bond acceptors (Lipinski definition) is 3. The van der Waals surface area contributed by atoms with Crippen molar-refractivity contribution < 1.29 is 9.53 Å². The van der Waals surface area contributed by atoms with Gasteiger partial charge in [0.15, 0.2) is 0 Å². The molecule has 2 atom stereocenters. The molecule has 4 heteroatoms. The lowest BCUT2D eigenvalue weighted by molar-refractivity contribution is -0.128. The third-order valence-electron chi connectivity index (χ3n) is 4.23. The Bertz CT molecular complexity index is 352. The topological polar surface area (TPSA) is 41.6 Å². The molecule has 4 nitrogen and oxygen atoms in total. The minimum Gasteiger partial charge on any atom is -0.368 e. The van der Waals surface area contributed by atoms with E-state index in [1.807, 2.05) is 4.90 Å². The Balaban J connectivity index is 1.88. The molecule has 0 aliphatic carbocycles. The van der Waals surface area contributed by atoms with Gasteiger partial charge >= 0.3 is 0 Å². The zero-order valence-electron chi connectivity index (χ0n) is 13.0. The lowest BCUT2D eigenvalue weighted by Crippen LogP contribution is -2.50. The van der Waals surface area contributed by atoms with Crippen molar-refractivity contribution in [1.29, 1.82) is 0 Å². The Labute approximate surface area is 116 Å². The predicted molar refractivity (Wildman–Crippen MR) is 76.1 cm³/mol. The molecule has 2 fully saturated rings. The minimum atomic E-state index is -0.146.